The molecular formula is C23H30N4O2. The molecule has 0 atom stereocenters. The summed E-state index contributed by atoms with van der Waals surface area (Å²) in [6.45, 7) is 3.57. The average molecular weight is 395 g/mol. The Morgan fingerprint density at radius 3 is 2.38 bits per heavy atom. The molecule has 1 N–H and O–H groups in total. The molecular weight excluding hydrogens is 364 g/mol. The highest BCUT2D eigenvalue weighted by atomic mass is 16.2. The number of nitrogens with one attached hydrogen (secondary N) is 1. The smallest absolute Gasteiger partial charge is 0.223 e. The summed E-state index contributed by atoms with van der Waals surface area (Å²) in [5, 5.41) is 2.93. The number of aryl methyl sites for hydroxylation is 1. The second kappa shape index (κ2) is 11.2. The summed E-state index contributed by atoms with van der Waals surface area (Å²) >= 11 is 0. The van der Waals surface area contributed by atoms with Crippen LogP contribution in [0.5, 0.6) is 0 Å². The van der Waals surface area contributed by atoms with Crippen LogP contribution in [0.2, 0.25) is 0 Å². The van der Waals surface area contributed by atoms with Crippen LogP contribution >= 0.6 is 0 Å². The summed E-state index contributed by atoms with van der Waals surface area (Å²) < 4.78 is 0. The van der Waals surface area contributed by atoms with Crippen LogP contribution in [0.4, 0.5) is 5.82 Å². The number of piperazine rings is 1. The molecule has 154 valence electrons. The van der Waals surface area contributed by atoms with Gasteiger partial charge in [0.1, 0.15) is 5.82 Å². The van der Waals surface area contributed by atoms with E-state index in [-0.39, 0.29) is 24.7 Å². The molecule has 6 heteroatoms. The average Bonchev–Trinajstić information content (AvgIpc) is 2.78. The zero-order valence-electron chi connectivity index (χ0n) is 16.9. The van der Waals surface area contributed by atoms with E-state index in [1.165, 1.54) is 5.56 Å². The SMILES string of the molecule is O=C(CCC(=O)N1CCN(c2ccccn2)CC1)NCCCCc1ccccc1. The number of unbranched alkanes of at least 4 members (excludes halogenated alkanes) is 1. The maximum absolute atomic E-state index is 12.4. The Hall–Kier alpha value is -2.89. The summed E-state index contributed by atoms with van der Waals surface area (Å²) in [7, 11) is 0. The minimum absolute atomic E-state index is 0.0369. The van der Waals surface area contributed by atoms with Gasteiger partial charge in [0.05, 0.1) is 0 Å². The van der Waals surface area contributed by atoms with Crippen molar-refractivity contribution in [3.63, 3.8) is 0 Å². The van der Waals surface area contributed by atoms with Gasteiger partial charge in [-0.05, 0) is 37.0 Å². The van der Waals surface area contributed by atoms with Gasteiger partial charge in [-0.2, -0.15) is 0 Å². The van der Waals surface area contributed by atoms with Gasteiger partial charge in [-0.25, -0.2) is 4.98 Å². The number of benzene rings is 1. The van der Waals surface area contributed by atoms with E-state index in [1.807, 2.05) is 41.3 Å². The molecule has 1 aromatic heterocycles. The maximum atomic E-state index is 12.4. The van der Waals surface area contributed by atoms with E-state index in [0.29, 0.717) is 19.6 Å². The Morgan fingerprint density at radius 2 is 1.66 bits per heavy atom. The van der Waals surface area contributed by atoms with Crippen LogP contribution < -0.4 is 10.2 Å². The lowest BCUT2D eigenvalue weighted by Gasteiger charge is -2.35. The third-order valence-electron chi connectivity index (χ3n) is 5.23. The molecule has 2 heterocycles. The number of rotatable bonds is 9. The number of amides is 2. The monoisotopic (exact) mass is 394 g/mol. The number of pyridine rings is 1. The van der Waals surface area contributed by atoms with Crippen LogP contribution in [0.1, 0.15) is 31.2 Å². The van der Waals surface area contributed by atoms with Gasteiger partial charge < -0.3 is 15.1 Å². The van der Waals surface area contributed by atoms with Crippen molar-refractivity contribution >= 4 is 17.6 Å². The van der Waals surface area contributed by atoms with Gasteiger partial charge in [0.2, 0.25) is 11.8 Å². The number of carbonyl (C=O) groups excluding carboxylic acids is 2. The topological polar surface area (TPSA) is 65.5 Å². The highest BCUT2D eigenvalue weighted by molar-refractivity contribution is 5.83. The number of hydrogen-bond donors (Lipinski definition) is 1. The second-order valence-corrected chi connectivity index (χ2v) is 7.35. The van der Waals surface area contributed by atoms with Gasteiger partial charge >= 0.3 is 0 Å². The molecule has 0 unspecified atom stereocenters. The fourth-order valence-corrected chi connectivity index (χ4v) is 3.52. The molecule has 1 saturated heterocycles. The van der Waals surface area contributed by atoms with E-state index < -0.39 is 0 Å². The Balaban J connectivity index is 1.26. The van der Waals surface area contributed by atoms with Gasteiger partial charge in [0.15, 0.2) is 0 Å². The summed E-state index contributed by atoms with van der Waals surface area (Å²) in [6, 6.07) is 16.2. The normalized spacial score (nSPS) is 13.9. The molecule has 2 aromatic rings. The van der Waals surface area contributed by atoms with Gasteiger partial charge in [0, 0.05) is 51.8 Å². The van der Waals surface area contributed by atoms with Crippen molar-refractivity contribution in [2.75, 3.05) is 37.6 Å². The first-order chi connectivity index (χ1) is 14.2. The van der Waals surface area contributed by atoms with E-state index in [0.717, 1.165) is 38.2 Å². The predicted molar refractivity (Wildman–Crippen MR) is 115 cm³/mol. The van der Waals surface area contributed by atoms with Crippen molar-refractivity contribution in [1.29, 1.82) is 0 Å². The predicted octanol–water partition coefficient (Wildman–Crippen LogP) is 2.65. The highest BCUT2D eigenvalue weighted by Gasteiger charge is 2.22. The van der Waals surface area contributed by atoms with Crippen molar-refractivity contribution in [1.82, 2.24) is 15.2 Å². The fraction of sp³-hybridized carbons (Fsp3) is 0.435. The standard InChI is InChI=1S/C23H30N4O2/c28-22(25-15-6-4-10-20-8-2-1-3-9-20)12-13-23(29)27-18-16-26(17-19-27)21-11-5-7-14-24-21/h1-3,5,7-9,11,14H,4,6,10,12-13,15-19H2,(H,25,28). The van der Waals surface area contributed by atoms with Crippen LogP contribution in [0, 0.1) is 0 Å². The molecule has 0 bridgehead atoms. The largest absolute Gasteiger partial charge is 0.356 e. The molecule has 3 rings (SSSR count). The quantitative estimate of drug-likeness (QED) is 0.664. The van der Waals surface area contributed by atoms with Crippen molar-refractivity contribution in [2.24, 2.45) is 0 Å². The molecule has 1 aromatic carbocycles. The molecule has 2 amide bonds. The van der Waals surface area contributed by atoms with E-state index in [1.54, 1.807) is 6.20 Å². The van der Waals surface area contributed by atoms with E-state index in [4.69, 9.17) is 0 Å². The minimum Gasteiger partial charge on any atom is -0.356 e. The summed E-state index contributed by atoms with van der Waals surface area (Å²) in [6.07, 6.45) is 5.35. The lowest BCUT2D eigenvalue weighted by Crippen LogP contribution is -2.49. The molecule has 29 heavy (non-hydrogen) atoms. The fourth-order valence-electron chi connectivity index (χ4n) is 3.52. The molecule has 1 fully saturated rings. The van der Waals surface area contributed by atoms with Crippen LogP contribution in [0.3, 0.4) is 0 Å². The molecule has 1 aliphatic heterocycles. The van der Waals surface area contributed by atoms with Gasteiger partial charge in [-0.3, -0.25) is 9.59 Å². The third-order valence-corrected chi connectivity index (χ3v) is 5.23. The maximum Gasteiger partial charge on any atom is 0.223 e. The minimum atomic E-state index is -0.0369. The number of nitrogens with zero attached hydrogens (tertiary/aromatic N) is 3. The lowest BCUT2D eigenvalue weighted by molar-refractivity contribution is -0.133. The van der Waals surface area contributed by atoms with Crippen LogP contribution in [0.15, 0.2) is 54.7 Å². The number of carbonyl (C=O) groups is 2. The van der Waals surface area contributed by atoms with Crippen molar-refractivity contribution < 1.29 is 9.59 Å². The summed E-state index contributed by atoms with van der Waals surface area (Å²) in [4.78, 5) is 32.8. The van der Waals surface area contributed by atoms with Crippen molar-refractivity contribution in [2.45, 2.75) is 32.1 Å². The van der Waals surface area contributed by atoms with Crippen molar-refractivity contribution in [3.8, 4) is 0 Å². The second-order valence-electron chi connectivity index (χ2n) is 7.35. The van der Waals surface area contributed by atoms with E-state index in [2.05, 4.69) is 27.3 Å². The van der Waals surface area contributed by atoms with Crippen LogP contribution in [0.25, 0.3) is 0 Å². The zero-order chi connectivity index (χ0) is 20.3. The Morgan fingerprint density at radius 1 is 0.897 bits per heavy atom. The molecule has 0 spiro atoms. The molecule has 0 aliphatic carbocycles. The van der Waals surface area contributed by atoms with Gasteiger partial charge in [0.25, 0.3) is 0 Å². The number of hydrogen-bond acceptors (Lipinski definition) is 4. The first-order valence-corrected chi connectivity index (χ1v) is 10.5. The summed E-state index contributed by atoms with van der Waals surface area (Å²) in [5.41, 5.74) is 1.33. The highest BCUT2D eigenvalue weighted by Crippen LogP contribution is 2.13. The Bertz CT molecular complexity index is 759. The first kappa shape index (κ1) is 20.8. The lowest BCUT2D eigenvalue weighted by atomic mass is 10.1. The van der Waals surface area contributed by atoms with Crippen LogP contribution in [-0.4, -0.2) is 54.4 Å². The van der Waals surface area contributed by atoms with Crippen LogP contribution in [-0.2, 0) is 16.0 Å². The van der Waals surface area contributed by atoms with E-state index >= 15 is 0 Å². The molecule has 1 aliphatic rings. The van der Waals surface area contributed by atoms with Gasteiger partial charge in [-0.1, -0.05) is 36.4 Å². The number of anilines is 1. The van der Waals surface area contributed by atoms with E-state index in [9.17, 15) is 9.59 Å². The molecule has 6 nitrogen and oxygen atoms in total. The Labute approximate surface area is 172 Å². The third kappa shape index (κ3) is 6.89. The first-order valence-electron chi connectivity index (χ1n) is 10.5. The van der Waals surface area contributed by atoms with Gasteiger partial charge in [-0.15, -0.1) is 0 Å². The summed E-state index contributed by atoms with van der Waals surface area (Å²) in [5.74, 6) is 0.973. The zero-order valence-corrected chi connectivity index (χ0v) is 16.9. The number of aromatic nitrogens is 1. The Kier molecular flexibility index (Phi) is 8.04. The molecule has 0 radical (unpaired) electrons. The molecule has 0 saturated carbocycles. The van der Waals surface area contributed by atoms with Crippen molar-refractivity contribution in [3.05, 3.63) is 60.3 Å².